The Morgan fingerprint density at radius 3 is 2.67 bits per heavy atom. The average Bonchev–Trinajstić information content (AvgIpc) is 2.74. The van der Waals surface area contributed by atoms with Gasteiger partial charge < -0.3 is 0 Å². The summed E-state index contributed by atoms with van der Waals surface area (Å²) in [4.78, 5) is 0. The Hall–Kier alpha value is -1.28. The Balaban J connectivity index is 2.01. The maximum Gasteiger partial charge on any atom is 0.0521 e. The molecule has 1 atom stereocenters. The molecule has 0 bridgehead atoms. The van der Waals surface area contributed by atoms with Crippen molar-refractivity contribution in [3.63, 3.8) is 0 Å². The molecule has 1 aromatic heterocycles. The summed E-state index contributed by atoms with van der Waals surface area (Å²) in [5, 5.41) is 4.20. The van der Waals surface area contributed by atoms with Crippen LogP contribution in [0.3, 0.4) is 0 Å². The fraction of sp³-hybridized carbons (Fsp3) is 0.400. The van der Waals surface area contributed by atoms with Crippen molar-refractivity contribution in [2.75, 3.05) is 5.88 Å². The molecule has 0 aliphatic heterocycles. The molecule has 2 rings (SSSR count). The lowest BCUT2D eigenvalue weighted by atomic mass is 9.95. The molecule has 0 saturated carbocycles. The summed E-state index contributed by atoms with van der Waals surface area (Å²) in [6.45, 7) is 2.13. The van der Waals surface area contributed by atoms with E-state index < -0.39 is 0 Å². The van der Waals surface area contributed by atoms with E-state index in [1.807, 2.05) is 17.9 Å². The molecule has 18 heavy (non-hydrogen) atoms. The van der Waals surface area contributed by atoms with Crippen molar-refractivity contribution >= 4 is 11.6 Å². The number of rotatable bonds is 5. The third kappa shape index (κ3) is 3.61. The number of alkyl halides is 1. The highest BCUT2D eigenvalue weighted by Gasteiger charge is 2.11. The molecule has 0 amide bonds. The minimum absolute atomic E-state index is 0.470. The molecule has 0 aliphatic carbocycles. The Kier molecular flexibility index (Phi) is 4.43. The van der Waals surface area contributed by atoms with Gasteiger partial charge >= 0.3 is 0 Å². The van der Waals surface area contributed by atoms with E-state index >= 15 is 0 Å². The van der Waals surface area contributed by atoms with E-state index in [1.165, 1.54) is 16.7 Å². The van der Waals surface area contributed by atoms with Crippen molar-refractivity contribution in [1.29, 1.82) is 0 Å². The summed E-state index contributed by atoms with van der Waals surface area (Å²) < 4.78 is 1.84. The topological polar surface area (TPSA) is 17.8 Å². The molecule has 0 spiro atoms. The van der Waals surface area contributed by atoms with E-state index in [0.717, 1.165) is 12.8 Å². The van der Waals surface area contributed by atoms with Crippen LogP contribution in [-0.2, 0) is 19.9 Å². The molecular formula is C15H19ClN2. The summed E-state index contributed by atoms with van der Waals surface area (Å²) >= 11 is 6.09. The summed E-state index contributed by atoms with van der Waals surface area (Å²) in [5.41, 5.74) is 3.93. The fourth-order valence-corrected chi connectivity index (χ4v) is 2.48. The molecule has 0 saturated heterocycles. The fourth-order valence-electron chi connectivity index (χ4n) is 2.26. The standard InChI is InChI=1S/C15H19ClN2/c1-12-4-3-5-13(6-12)7-14(9-16)8-15-10-17-18(2)11-15/h3-6,10-11,14H,7-9H2,1-2H3. The molecule has 2 aromatic rings. The summed E-state index contributed by atoms with van der Waals surface area (Å²) in [6, 6.07) is 8.65. The highest BCUT2D eigenvalue weighted by Crippen LogP contribution is 2.16. The molecule has 0 fully saturated rings. The first-order valence-corrected chi connectivity index (χ1v) is 6.80. The molecule has 1 heterocycles. The minimum Gasteiger partial charge on any atom is -0.276 e. The van der Waals surface area contributed by atoms with E-state index in [1.54, 1.807) is 0 Å². The normalized spacial score (nSPS) is 12.6. The quantitative estimate of drug-likeness (QED) is 0.756. The van der Waals surface area contributed by atoms with Gasteiger partial charge in [0.1, 0.15) is 0 Å². The zero-order valence-electron chi connectivity index (χ0n) is 10.9. The van der Waals surface area contributed by atoms with Crippen LogP contribution < -0.4 is 0 Å². The van der Waals surface area contributed by atoms with Crippen molar-refractivity contribution in [3.8, 4) is 0 Å². The van der Waals surface area contributed by atoms with E-state index in [-0.39, 0.29) is 0 Å². The Bertz CT molecular complexity index is 505. The molecule has 2 nitrogen and oxygen atoms in total. The molecule has 0 N–H and O–H groups in total. The average molecular weight is 263 g/mol. The van der Waals surface area contributed by atoms with Crippen molar-refractivity contribution in [3.05, 3.63) is 53.3 Å². The number of nitrogens with zero attached hydrogens (tertiary/aromatic N) is 2. The Morgan fingerprint density at radius 1 is 1.28 bits per heavy atom. The van der Waals surface area contributed by atoms with E-state index in [9.17, 15) is 0 Å². The lowest BCUT2D eigenvalue weighted by Crippen LogP contribution is -2.10. The minimum atomic E-state index is 0.470. The predicted octanol–water partition coefficient (Wildman–Crippen LogP) is 3.37. The van der Waals surface area contributed by atoms with Crippen molar-refractivity contribution in [1.82, 2.24) is 9.78 Å². The van der Waals surface area contributed by atoms with E-state index in [2.05, 4.69) is 42.5 Å². The van der Waals surface area contributed by atoms with E-state index in [4.69, 9.17) is 11.6 Å². The number of hydrogen-bond acceptors (Lipinski definition) is 1. The van der Waals surface area contributed by atoms with Crippen molar-refractivity contribution in [2.45, 2.75) is 19.8 Å². The number of aryl methyl sites for hydroxylation is 2. The van der Waals surface area contributed by atoms with Gasteiger partial charge in [0.05, 0.1) is 6.20 Å². The summed E-state index contributed by atoms with van der Waals surface area (Å²) in [7, 11) is 1.94. The monoisotopic (exact) mass is 262 g/mol. The van der Waals surface area contributed by atoms with Gasteiger partial charge in [0.2, 0.25) is 0 Å². The molecule has 0 aliphatic rings. The maximum atomic E-state index is 6.09. The lowest BCUT2D eigenvalue weighted by Gasteiger charge is -2.13. The molecule has 96 valence electrons. The van der Waals surface area contributed by atoms with Gasteiger partial charge in [0.25, 0.3) is 0 Å². The highest BCUT2D eigenvalue weighted by atomic mass is 35.5. The second kappa shape index (κ2) is 6.05. The zero-order chi connectivity index (χ0) is 13.0. The highest BCUT2D eigenvalue weighted by molar-refractivity contribution is 6.18. The first-order chi connectivity index (χ1) is 8.67. The van der Waals surface area contributed by atoms with Crippen molar-refractivity contribution in [2.24, 2.45) is 13.0 Å². The van der Waals surface area contributed by atoms with Gasteiger partial charge in [-0.15, -0.1) is 11.6 Å². The molecule has 0 radical (unpaired) electrons. The first kappa shape index (κ1) is 13.2. The first-order valence-electron chi connectivity index (χ1n) is 6.26. The predicted molar refractivity (Wildman–Crippen MR) is 76.0 cm³/mol. The number of aromatic nitrogens is 2. The van der Waals surface area contributed by atoms with Crippen LogP contribution in [0.4, 0.5) is 0 Å². The van der Waals surface area contributed by atoms with Crippen LogP contribution >= 0.6 is 11.6 Å². The van der Waals surface area contributed by atoms with Crippen LogP contribution in [0.5, 0.6) is 0 Å². The van der Waals surface area contributed by atoms with Gasteiger partial charge in [-0.2, -0.15) is 5.10 Å². The second-order valence-corrected chi connectivity index (χ2v) is 5.25. The van der Waals surface area contributed by atoms with Gasteiger partial charge in [-0.3, -0.25) is 4.68 Å². The smallest absolute Gasteiger partial charge is 0.0521 e. The summed E-state index contributed by atoms with van der Waals surface area (Å²) in [6.07, 6.45) is 6.01. The van der Waals surface area contributed by atoms with Gasteiger partial charge in [0.15, 0.2) is 0 Å². The third-order valence-corrected chi connectivity index (χ3v) is 3.54. The largest absolute Gasteiger partial charge is 0.276 e. The zero-order valence-corrected chi connectivity index (χ0v) is 11.7. The third-order valence-electron chi connectivity index (χ3n) is 3.11. The SMILES string of the molecule is Cc1cccc(CC(CCl)Cc2cnn(C)c2)c1. The van der Waals surface area contributed by atoms with Gasteiger partial charge in [-0.1, -0.05) is 29.8 Å². The van der Waals surface area contributed by atoms with Gasteiger partial charge in [-0.25, -0.2) is 0 Å². The van der Waals surface area contributed by atoms with Crippen LogP contribution in [0.25, 0.3) is 0 Å². The van der Waals surface area contributed by atoms with Gasteiger partial charge in [0, 0.05) is 19.1 Å². The second-order valence-electron chi connectivity index (χ2n) is 4.94. The molecular weight excluding hydrogens is 244 g/mol. The van der Waals surface area contributed by atoms with Crippen LogP contribution in [-0.4, -0.2) is 15.7 Å². The van der Waals surface area contributed by atoms with Crippen molar-refractivity contribution < 1.29 is 0 Å². The summed E-state index contributed by atoms with van der Waals surface area (Å²) in [5.74, 6) is 1.15. The van der Waals surface area contributed by atoms with Crippen LogP contribution in [0.2, 0.25) is 0 Å². The van der Waals surface area contributed by atoms with Crippen LogP contribution in [0, 0.1) is 12.8 Å². The molecule has 3 heteroatoms. The van der Waals surface area contributed by atoms with Crippen LogP contribution in [0.1, 0.15) is 16.7 Å². The van der Waals surface area contributed by atoms with Gasteiger partial charge in [-0.05, 0) is 36.8 Å². The Labute approximate surface area is 114 Å². The molecule has 1 unspecified atom stereocenters. The maximum absolute atomic E-state index is 6.09. The lowest BCUT2D eigenvalue weighted by molar-refractivity contribution is 0.583. The molecule has 1 aromatic carbocycles. The van der Waals surface area contributed by atoms with Crippen LogP contribution in [0.15, 0.2) is 36.7 Å². The number of halogens is 1. The number of hydrogen-bond donors (Lipinski definition) is 0. The number of benzene rings is 1. The van der Waals surface area contributed by atoms with E-state index in [0.29, 0.717) is 11.8 Å². The Morgan fingerprint density at radius 2 is 2.06 bits per heavy atom.